The summed E-state index contributed by atoms with van der Waals surface area (Å²) in [7, 11) is 1.76. The summed E-state index contributed by atoms with van der Waals surface area (Å²) < 4.78 is 14.8. The van der Waals surface area contributed by atoms with Gasteiger partial charge in [0.05, 0.1) is 29.8 Å². The minimum Gasteiger partial charge on any atom is -0.462 e. The van der Waals surface area contributed by atoms with Crippen LogP contribution in [0.2, 0.25) is 0 Å². The SMILES string of the molecule is Cc1cc(-c2nc3cc(CN[C@H](C(=O)OC(C)C)[C@@H](C)O)ccc3n2CC2CCCOC2)cn(C)c1=O. The molecule has 0 radical (unpaired) electrons. The number of imidazole rings is 1. The van der Waals surface area contributed by atoms with Crippen LogP contribution in [-0.4, -0.2) is 56.7 Å². The van der Waals surface area contributed by atoms with Crippen molar-refractivity contribution in [2.24, 2.45) is 13.0 Å². The van der Waals surface area contributed by atoms with Crippen LogP contribution in [0.25, 0.3) is 22.4 Å². The van der Waals surface area contributed by atoms with E-state index in [1.807, 2.05) is 37.4 Å². The van der Waals surface area contributed by atoms with Gasteiger partial charge in [0.2, 0.25) is 0 Å². The summed E-state index contributed by atoms with van der Waals surface area (Å²) in [6.07, 6.45) is 2.82. The molecule has 9 heteroatoms. The number of aromatic nitrogens is 3. The Labute approximate surface area is 217 Å². The lowest BCUT2D eigenvalue weighted by molar-refractivity contribution is -0.152. The number of aliphatic hydroxyl groups excluding tert-OH is 1. The lowest BCUT2D eigenvalue weighted by Gasteiger charge is -2.23. The highest BCUT2D eigenvalue weighted by Gasteiger charge is 2.26. The van der Waals surface area contributed by atoms with Gasteiger partial charge >= 0.3 is 5.97 Å². The fraction of sp³-hybridized carbons (Fsp3) is 0.536. The molecule has 0 aliphatic carbocycles. The van der Waals surface area contributed by atoms with Gasteiger partial charge < -0.3 is 23.7 Å². The molecule has 2 N–H and O–H groups in total. The topological polar surface area (TPSA) is 108 Å². The molecule has 1 aliphatic rings. The van der Waals surface area contributed by atoms with Crippen molar-refractivity contribution in [2.75, 3.05) is 13.2 Å². The van der Waals surface area contributed by atoms with Crippen molar-refractivity contribution < 1.29 is 19.4 Å². The van der Waals surface area contributed by atoms with E-state index in [0.717, 1.165) is 60.6 Å². The van der Waals surface area contributed by atoms with Crippen LogP contribution in [-0.2, 0) is 34.4 Å². The molecule has 200 valence electrons. The first-order valence-corrected chi connectivity index (χ1v) is 13.0. The van der Waals surface area contributed by atoms with E-state index >= 15 is 0 Å². The molecule has 4 rings (SSSR count). The van der Waals surface area contributed by atoms with Crippen molar-refractivity contribution >= 4 is 17.0 Å². The third-order valence-corrected chi connectivity index (χ3v) is 6.74. The number of aliphatic hydroxyl groups is 1. The van der Waals surface area contributed by atoms with Gasteiger partial charge in [0.15, 0.2) is 0 Å². The number of ether oxygens (including phenoxy) is 2. The first-order valence-electron chi connectivity index (χ1n) is 13.0. The van der Waals surface area contributed by atoms with E-state index < -0.39 is 18.1 Å². The van der Waals surface area contributed by atoms with Crippen molar-refractivity contribution in [1.29, 1.82) is 0 Å². The average molecular weight is 511 g/mol. The Morgan fingerprint density at radius 1 is 1.30 bits per heavy atom. The Bertz CT molecular complexity index is 1280. The van der Waals surface area contributed by atoms with Crippen molar-refractivity contribution in [3.63, 3.8) is 0 Å². The standard InChI is InChI=1S/C28H38N4O5/c1-17(2)37-28(35)25(19(4)33)29-13-20-8-9-24-23(12-20)30-26(22-11-18(3)27(34)31(5)15-22)32(24)14-21-7-6-10-36-16-21/h8-9,11-12,15,17,19,21,25,29,33H,6-7,10,13-14,16H2,1-5H3/t19-,21?,25+/m1/s1. The molecule has 2 aromatic heterocycles. The minimum absolute atomic E-state index is 0.0240. The Hall–Kier alpha value is -3.01. The van der Waals surface area contributed by atoms with Crippen molar-refractivity contribution in [2.45, 2.75) is 71.9 Å². The van der Waals surface area contributed by atoms with Gasteiger partial charge in [-0.2, -0.15) is 0 Å². The lowest BCUT2D eigenvalue weighted by atomic mass is 10.0. The molecule has 1 aliphatic heterocycles. The number of hydrogen-bond donors (Lipinski definition) is 2. The number of nitrogens with one attached hydrogen (secondary N) is 1. The number of carbonyl (C=O) groups excluding carboxylic acids is 1. The number of aryl methyl sites for hydroxylation is 2. The summed E-state index contributed by atoms with van der Waals surface area (Å²) in [5.74, 6) is 0.725. The molecule has 0 saturated carbocycles. The molecule has 3 aromatic rings. The number of hydrogen-bond acceptors (Lipinski definition) is 7. The van der Waals surface area contributed by atoms with Gasteiger partial charge in [-0.25, -0.2) is 4.98 Å². The van der Waals surface area contributed by atoms with Crippen LogP contribution in [0.4, 0.5) is 0 Å². The molecule has 1 unspecified atom stereocenters. The van der Waals surface area contributed by atoms with Crippen LogP contribution in [0, 0.1) is 12.8 Å². The smallest absolute Gasteiger partial charge is 0.326 e. The average Bonchev–Trinajstić information content (AvgIpc) is 3.19. The Morgan fingerprint density at radius 2 is 2.08 bits per heavy atom. The van der Waals surface area contributed by atoms with Crippen LogP contribution in [0.3, 0.4) is 0 Å². The minimum atomic E-state index is -0.897. The second-order valence-corrected chi connectivity index (χ2v) is 10.4. The number of fused-ring (bicyclic) bond motifs is 1. The molecule has 1 fully saturated rings. The molecule has 9 nitrogen and oxygen atoms in total. The summed E-state index contributed by atoms with van der Waals surface area (Å²) in [5, 5.41) is 13.2. The number of esters is 1. The highest BCUT2D eigenvalue weighted by Crippen LogP contribution is 2.28. The summed E-state index contributed by atoms with van der Waals surface area (Å²) in [6, 6.07) is 7.12. The Balaban J connectivity index is 1.67. The number of nitrogens with zero attached hydrogens (tertiary/aromatic N) is 3. The van der Waals surface area contributed by atoms with Crippen molar-refractivity contribution in [3.8, 4) is 11.4 Å². The van der Waals surface area contributed by atoms with E-state index in [0.29, 0.717) is 18.0 Å². The number of carbonyl (C=O) groups is 1. The molecule has 3 heterocycles. The maximum atomic E-state index is 12.4. The lowest BCUT2D eigenvalue weighted by Crippen LogP contribution is -2.46. The fourth-order valence-electron chi connectivity index (χ4n) is 4.88. The second-order valence-electron chi connectivity index (χ2n) is 10.4. The third kappa shape index (κ3) is 6.29. The van der Waals surface area contributed by atoms with Crippen molar-refractivity contribution in [3.05, 3.63) is 51.9 Å². The molecule has 37 heavy (non-hydrogen) atoms. The zero-order valence-corrected chi connectivity index (χ0v) is 22.4. The van der Waals surface area contributed by atoms with Crippen LogP contribution in [0.5, 0.6) is 0 Å². The summed E-state index contributed by atoms with van der Waals surface area (Å²) >= 11 is 0. The molecule has 3 atom stereocenters. The van der Waals surface area contributed by atoms with Crippen LogP contribution >= 0.6 is 0 Å². The molecule has 0 spiro atoms. The highest BCUT2D eigenvalue weighted by molar-refractivity contribution is 5.81. The summed E-state index contributed by atoms with van der Waals surface area (Å²) in [5.41, 5.74) is 4.30. The van der Waals surface area contributed by atoms with E-state index in [9.17, 15) is 14.7 Å². The monoisotopic (exact) mass is 510 g/mol. The third-order valence-electron chi connectivity index (χ3n) is 6.74. The van der Waals surface area contributed by atoms with E-state index in [4.69, 9.17) is 14.5 Å². The highest BCUT2D eigenvalue weighted by atomic mass is 16.5. The number of pyridine rings is 1. The largest absolute Gasteiger partial charge is 0.462 e. The van der Waals surface area contributed by atoms with Gasteiger partial charge in [-0.05, 0) is 64.3 Å². The first kappa shape index (κ1) is 27.0. The van der Waals surface area contributed by atoms with Gasteiger partial charge in [0.25, 0.3) is 5.56 Å². The zero-order chi connectivity index (χ0) is 26.7. The van der Waals surface area contributed by atoms with Gasteiger partial charge in [-0.3, -0.25) is 14.9 Å². The molecule has 1 saturated heterocycles. The normalized spacial score (nSPS) is 17.8. The molecule has 0 amide bonds. The summed E-state index contributed by atoms with van der Waals surface area (Å²) in [4.78, 5) is 29.7. The maximum Gasteiger partial charge on any atom is 0.326 e. The second kappa shape index (κ2) is 11.6. The van der Waals surface area contributed by atoms with E-state index in [1.165, 1.54) is 0 Å². The number of rotatable bonds is 9. The molecular formula is C28H38N4O5. The van der Waals surface area contributed by atoms with Crippen LogP contribution < -0.4 is 10.9 Å². The van der Waals surface area contributed by atoms with Gasteiger partial charge in [-0.1, -0.05) is 6.07 Å². The van der Waals surface area contributed by atoms with Gasteiger partial charge in [0, 0.05) is 50.0 Å². The maximum absolute atomic E-state index is 12.4. The van der Waals surface area contributed by atoms with Gasteiger partial charge in [0.1, 0.15) is 11.9 Å². The van der Waals surface area contributed by atoms with Crippen molar-refractivity contribution in [1.82, 2.24) is 19.4 Å². The summed E-state index contributed by atoms with van der Waals surface area (Å²) in [6.45, 7) is 9.63. The van der Waals surface area contributed by atoms with Crippen LogP contribution in [0.15, 0.2) is 35.3 Å². The predicted octanol–water partition coefficient (Wildman–Crippen LogP) is 2.93. The zero-order valence-electron chi connectivity index (χ0n) is 22.4. The van der Waals surface area contributed by atoms with E-state index in [2.05, 4.69) is 9.88 Å². The molecule has 1 aromatic carbocycles. The van der Waals surface area contributed by atoms with E-state index in [1.54, 1.807) is 32.4 Å². The fourth-order valence-corrected chi connectivity index (χ4v) is 4.88. The predicted molar refractivity (Wildman–Crippen MR) is 142 cm³/mol. The quantitative estimate of drug-likeness (QED) is 0.426. The Morgan fingerprint density at radius 3 is 2.73 bits per heavy atom. The van der Waals surface area contributed by atoms with Gasteiger partial charge in [-0.15, -0.1) is 0 Å². The Kier molecular flexibility index (Phi) is 8.46. The van der Waals surface area contributed by atoms with E-state index in [-0.39, 0.29) is 11.7 Å². The first-order chi connectivity index (χ1) is 17.6. The number of benzene rings is 1. The molecular weight excluding hydrogens is 472 g/mol. The molecule has 0 bridgehead atoms. The van der Waals surface area contributed by atoms with Crippen LogP contribution in [0.1, 0.15) is 44.7 Å².